The molecule has 0 aliphatic rings. The molecule has 0 spiro atoms. The number of rotatable bonds is 8. The summed E-state index contributed by atoms with van der Waals surface area (Å²) in [6, 6.07) is 6.62. The van der Waals surface area contributed by atoms with Gasteiger partial charge in [0.05, 0.1) is 18.6 Å². The van der Waals surface area contributed by atoms with Crippen LogP contribution >= 0.6 is 0 Å². The summed E-state index contributed by atoms with van der Waals surface area (Å²) in [5.41, 5.74) is 6.70. The third-order valence-electron chi connectivity index (χ3n) is 2.76. The largest absolute Gasteiger partial charge is 0.497 e. The van der Waals surface area contributed by atoms with Gasteiger partial charge < -0.3 is 15.2 Å². The zero-order valence-corrected chi connectivity index (χ0v) is 12.2. The summed E-state index contributed by atoms with van der Waals surface area (Å²) in [5, 5.41) is 0. The molecule has 1 unspecified atom stereocenters. The Kier molecular flexibility index (Phi) is 6.27. The second-order valence-electron chi connectivity index (χ2n) is 4.34. The Morgan fingerprint density at radius 2 is 2.05 bits per heavy atom. The number of hydrogen-bond acceptors (Lipinski definition) is 5. The Balaban J connectivity index is 2.64. The first-order valence-corrected chi connectivity index (χ1v) is 7.89. The standard InChI is InChI=1S/C13H21NO4S/c1-17-7-4-8-19(15,16)10-13(14)11-5-3-6-12(9-11)18-2/h3,5-6,9,13H,4,7-8,10,14H2,1-2H3. The number of nitrogens with two attached hydrogens (primary N) is 1. The van der Waals surface area contributed by atoms with Gasteiger partial charge in [-0.3, -0.25) is 0 Å². The third kappa shape index (κ3) is 5.59. The van der Waals surface area contributed by atoms with E-state index in [0.29, 0.717) is 18.8 Å². The lowest BCUT2D eigenvalue weighted by Gasteiger charge is -2.13. The molecule has 0 heterocycles. The topological polar surface area (TPSA) is 78.6 Å². The van der Waals surface area contributed by atoms with Crippen LogP contribution in [0.15, 0.2) is 24.3 Å². The van der Waals surface area contributed by atoms with Gasteiger partial charge in [0.25, 0.3) is 0 Å². The number of benzene rings is 1. The van der Waals surface area contributed by atoms with E-state index in [1.807, 2.05) is 0 Å². The van der Waals surface area contributed by atoms with Crippen molar-refractivity contribution in [3.05, 3.63) is 29.8 Å². The monoisotopic (exact) mass is 287 g/mol. The number of hydrogen-bond donors (Lipinski definition) is 1. The minimum Gasteiger partial charge on any atom is -0.497 e. The molecule has 2 N–H and O–H groups in total. The van der Waals surface area contributed by atoms with E-state index in [1.165, 1.54) is 0 Å². The van der Waals surface area contributed by atoms with Crippen LogP contribution in [0.3, 0.4) is 0 Å². The Labute approximate surface area is 114 Å². The minimum absolute atomic E-state index is 0.0656. The van der Waals surface area contributed by atoms with Crippen LogP contribution in [-0.2, 0) is 14.6 Å². The van der Waals surface area contributed by atoms with Crippen molar-refractivity contribution in [3.8, 4) is 5.75 Å². The molecule has 1 aromatic rings. The molecule has 0 aliphatic heterocycles. The molecular weight excluding hydrogens is 266 g/mol. The molecule has 0 aromatic heterocycles. The fourth-order valence-corrected chi connectivity index (χ4v) is 3.21. The molecule has 0 bridgehead atoms. The fourth-order valence-electron chi connectivity index (χ4n) is 1.75. The van der Waals surface area contributed by atoms with Crippen molar-refractivity contribution >= 4 is 9.84 Å². The molecule has 0 saturated carbocycles. The molecule has 6 heteroatoms. The van der Waals surface area contributed by atoms with E-state index in [-0.39, 0.29) is 11.5 Å². The first kappa shape index (κ1) is 15.9. The van der Waals surface area contributed by atoms with Crippen LogP contribution in [0.4, 0.5) is 0 Å². The molecular formula is C13H21NO4S. The van der Waals surface area contributed by atoms with E-state index in [2.05, 4.69) is 0 Å². The highest BCUT2D eigenvalue weighted by Crippen LogP contribution is 2.19. The van der Waals surface area contributed by atoms with Gasteiger partial charge in [0.15, 0.2) is 9.84 Å². The van der Waals surface area contributed by atoms with Gasteiger partial charge in [-0.05, 0) is 24.1 Å². The Hall–Kier alpha value is -1.11. The number of methoxy groups -OCH3 is 2. The van der Waals surface area contributed by atoms with E-state index in [0.717, 1.165) is 5.56 Å². The molecule has 1 aromatic carbocycles. The van der Waals surface area contributed by atoms with Crippen molar-refractivity contribution in [2.75, 3.05) is 32.3 Å². The quantitative estimate of drug-likeness (QED) is 0.726. The average molecular weight is 287 g/mol. The maximum absolute atomic E-state index is 11.9. The molecule has 0 amide bonds. The van der Waals surface area contributed by atoms with Gasteiger partial charge in [-0.15, -0.1) is 0 Å². The molecule has 0 aliphatic carbocycles. The molecule has 1 atom stereocenters. The van der Waals surface area contributed by atoms with Crippen molar-refractivity contribution < 1.29 is 17.9 Å². The summed E-state index contributed by atoms with van der Waals surface area (Å²) in [4.78, 5) is 0. The molecule has 19 heavy (non-hydrogen) atoms. The maximum atomic E-state index is 11.9. The molecule has 1 rings (SSSR count). The highest BCUT2D eigenvalue weighted by Gasteiger charge is 2.17. The molecule has 5 nitrogen and oxygen atoms in total. The summed E-state index contributed by atoms with van der Waals surface area (Å²) in [6.45, 7) is 0.438. The minimum atomic E-state index is -3.17. The van der Waals surface area contributed by atoms with Crippen molar-refractivity contribution in [3.63, 3.8) is 0 Å². The van der Waals surface area contributed by atoms with Crippen LogP contribution in [-0.4, -0.2) is 40.7 Å². The zero-order valence-electron chi connectivity index (χ0n) is 11.3. The fraction of sp³-hybridized carbons (Fsp3) is 0.538. The van der Waals surface area contributed by atoms with Crippen molar-refractivity contribution in [1.29, 1.82) is 0 Å². The second-order valence-corrected chi connectivity index (χ2v) is 6.57. The first-order chi connectivity index (χ1) is 8.98. The van der Waals surface area contributed by atoms with Gasteiger partial charge >= 0.3 is 0 Å². The summed E-state index contributed by atoms with van der Waals surface area (Å²) in [5.74, 6) is 0.701. The predicted octanol–water partition coefficient (Wildman–Crippen LogP) is 1.15. The summed E-state index contributed by atoms with van der Waals surface area (Å²) in [7, 11) is -0.0548. The van der Waals surface area contributed by atoms with E-state index < -0.39 is 15.9 Å². The normalized spacial score (nSPS) is 13.2. The van der Waals surface area contributed by atoms with Crippen LogP contribution < -0.4 is 10.5 Å². The Morgan fingerprint density at radius 3 is 2.68 bits per heavy atom. The van der Waals surface area contributed by atoms with Crippen molar-refractivity contribution in [2.45, 2.75) is 12.5 Å². The number of ether oxygens (including phenoxy) is 2. The Morgan fingerprint density at radius 1 is 1.32 bits per heavy atom. The van der Waals surface area contributed by atoms with E-state index in [4.69, 9.17) is 15.2 Å². The van der Waals surface area contributed by atoms with Crippen LogP contribution in [0.25, 0.3) is 0 Å². The Bertz CT molecular complexity index is 487. The van der Waals surface area contributed by atoms with Crippen LogP contribution in [0.1, 0.15) is 18.0 Å². The van der Waals surface area contributed by atoms with Gasteiger partial charge in [-0.25, -0.2) is 8.42 Å². The number of sulfone groups is 1. The highest BCUT2D eigenvalue weighted by molar-refractivity contribution is 7.91. The van der Waals surface area contributed by atoms with Gasteiger partial charge in [-0.2, -0.15) is 0 Å². The summed E-state index contributed by atoms with van der Waals surface area (Å²) < 4.78 is 33.7. The second kappa shape index (κ2) is 7.47. The smallest absolute Gasteiger partial charge is 0.152 e. The van der Waals surface area contributed by atoms with Crippen molar-refractivity contribution in [1.82, 2.24) is 0 Å². The van der Waals surface area contributed by atoms with E-state index >= 15 is 0 Å². The molecule has 108 valence electrons. The highest BCUT2D eigenvalue weighted by atomic mass is 32.2. The van der Waals surface area contributed by atoms with Gasteiger partial charge in [0.1, 0.15) is 5.75 Å². The molecule has 0 radical (unpaired) electrons. The van der Waals surface area contributed by atoms with E-state index in [1.54, 1.807) is 38.5 Å². The van der Waals surface area contributed by atoms with Crippen LogP contribution in [0, 0.1) is 0 Å². The van der Waals surface area contributed by atoms with Crippen LogP contribution in [0.5, 0.6) is 5.75 Å². The van der Waals surface area contributed by atoms with Crippen LogP contribution in [0.2, 0.25) is 0 Å². The SMILES string of the molecule is COCCCS(=O)(=O)CC(N)c1cccc(OC)c1. The average Bonchev–Trinajstić information content (AvgIpc) is 2.38. The first-order valence-electron chi connectivity index (χ1n) is 6.07. The lowest BCUT2D eigenvalue weighted by atomic mass is 10.1. The third-order valence-corrected chi connectivity index (χ3v) is 4.54. The van der Waals surface area contributed by atoms with Crippen molar-refractivity contribution in [2.24, 2.45) is 5.73 Å². The summed E-state index contributed by atoms with van der Waals surface area (Å²) >= 11 is 0. The van der Waals surface area contributed by atoms with Gasteiger partial charge in [-0.1, -0.05) is 12.1 Å². The van der Waals surface area contributed by atoms with E-state index in [9.17, 15) is 8.42 Å². The maximum Gasteiger partial charge on any atom is 0.152 e. The zero-order chi connectivity index (χ0) is 14.3. The lowest BCUT2D eigenvalue weighted by Crippen LogP contribution is -2.24. The van der Waals surface area contributed by atoms with Gasteiger partial charge in [0.2, 0.25) is 0 Å². The molecule has 0 fully saturated rings. The van der Waals surface area contributed by atoms with Gasteiger partial charge in [0, 0.05) is 19.8 Å². The summed E-state index contributed by atoms with van der Waals surface area (Å²) in [6.07, 6.45) is 0.490. The lowest BCUT2D eigenvalue weighted by molar-refractivity contribution is 0.199. The predicted molar refractivity (Wildman–Crippen MR) is 75.1 cm³/mol. The molecule has 0 saturated heterocycles.